The molecule has 31 heavy (non-hydrogen) atoms. The minimum Gasteiger partial charge on any atom is -0.322 e. The summed E-state index contributed by atoms with van der Waals surface area (Å²) in [6.45, 7) is 2.47. The van der Waals surface area contributed by atoms with Crippen LogP contribution >= 0.6 is 34.5 Å². The summed E-state index contributed by atoms with van der Waals surface area (Å²) < 4.78 is 13.9. The maximum atomic E-state index is 13.3. The van der Waals surface area contributed by atoms with E-state index in [0.29, 0.717) is 22.1 Å². The zero-order valence-corrected chi connectivity index (χ0v) is 19.0. The smallest absolute Gasteiger partial charge is 0.258 e. The van der Waals surface area contributed by atoms with Gasteiger partial charge in [0.2, 0.25) is 0 Å². The Kier molecular flexibility index (Phi) is 6.32. The van der Waals surface area contributed by atoms with E-state index in [1.54, 1.807) is 23.1 Å². The number of thiophene rings is 1. The minimum absolute atomic E-state index is 0.0346. The van der Waals surface area contributed by atoms with Gasteiger partial charge in [0.25, 0.3) is 11.8 Å². The van der Waals surface area contributed by atoms with Gasteiger partial charge in [0.1, 0.15) is 5.82 Å². The highest BCUT2D eigenvalue weighted by Gasteiger charge is 2.25. The second-order valence-electron chi connectivity index (χ2n) is 7.38. The number of fused-ring (bicyclic) bond motifs is 1. The van der Waals surface area contributed by atoms with E-state index in [1.165, 1.54) is 23.5 Å². The van der Waals surface area contributed by atoms with Crippen LogP contribution in [0, 0.1) is 12.7 Å². The largest absolute Gasteiger partial charge is 0.322 e. The van der Waals surface area contributed by atoms with Gasteiger partial charge in [-0.05, 0) is 74.2 Å². The van der Waals surface area contributed by atoms with Crippen LogP contribution in [0.3, 0.4) is 0 Å². The van der Waals surface area contributed by atoms with Crippen LogP contribution in [-0.2, 0) is 6.42 Å². The molecule has 0 saturated carbocycles. The topological polar surface area (TPSA) is 49.4 Å². The number of benzene rings is 2. The molecule has 160 valence electrons. The molecule has 2 heterocycles. The van der Waals surface area contributed by atoms with E-state index in [9.17, 15) is 14.0 Å². The molecule has 8 heteroatoms. The van der Waals surface area contributed by atoms with E-state index < -0.39 is 11.7 Å². The van der Waals surface area contributed by atoms with Gasteiger partial charge < -0.3 is 10.2 Å². The molecule has 1 aromatic heterocycles. The summed E-state index contributed by atoms with van der Waals surface area (Å²) in [4.78, 5) is 28.7. The average Bonchev–Trinajstić information content (AvgIpc) is 2.96. The van der Waals surface area contributed by atoms with Crippen molar-refractivity contribution in [2.45, 2.75) is 26.2 Å². The van der Waals surface area contributed by atoms with E-state index in [-0.39, 0.29) is 16.5 Å². The number of nitrogens with one attached hydrogen (secondary N) is 1. The van der Waals surface area contributed by atoms with Crippen LogP contribution in [0.5, 0.6) is 0 Å². The van der Waals surface area contributed by atoms with Crippen molar-refractivity contribution < 1.29 is 14.0 Å². The third-order valence-electron chi connectivity index (χ3n) is 5.22. The van der Waals surface area contributed by atoms with Gasteiger partial charge in [-0.3, -0.25) is 9.59 Å². The Morgan fingerprint density at radius 3 is 2.58 bits per heavy atom. The molecule has 0 fully saturated rings. The lowest BCUT2D eigenvalue weighted by Gasteiger charge is -2.22. The van der Waals surface area contributed by atoms with E-state index in [0.717, 1.165) is 41.5 Å². The first-order valence-corrected chi connectivity index (χ1v) is 11.4. The molecular weight excluding hydrogens is 458 g/mol. The first kappa shape index (κ1) is 21.8. The molecule has 1 aliphatic rings. The van der Waals surface area contributed by atoms with Crippen LogP contribution in [0.1, 0.15) is 44.0 Å². The maximum Gasteiger partial charge on any atom is 0.258 e. The second kappa shape index (κ2) is 8.99. The van der Waals surface area contributed by atoms with Crippen molar-refractivity contribution in [3.05, 3.63) is 79.2 Å². The number of carbonyl (C=O) groups excluding carboxylic acids is 2. The van der Waals surface area contributed by atoms with Crippen LogP contribution in [0.2, 0.25) is 9.36 Å². The third kappa shape index (κ3) is 4.61. The van der Waals surface area contributed by atoms with E-state index in [1.807, 2.05) is 13.0 Å². The lowest BCUT2D eigenvalue weighted by molar-refractivity contribution is 0.0985. The Hall–Kier alpha value is -2.41. The molecule has 1 aliphatic heterocycles. The van der Waals surface area contributed by atoms with Gasteiger partial charge in [0.15, 0.2) is 0 Å². The van der Waals surface area contributed by atoms with Crippen LogP contribution < -0.4 is 10.2 Å². The monoisotopic (exact) mass is 476 g/mol. The molecule has 4 nitrogen and oxygen atoms in total. The molecule has 0 bridgehead atoms. The number of halogens is 3. The zero-order valence-electron chi connectivity index (χ0n) is 16.7. The first-order chi connectivity index (χ1) is 14.8. The zero-order chi connectivity index (χ0) is 22.1. The van der Waals surface area contributed by atoms with Crippen molar-refractivity contribution in [3.63, 3.8) is 0 Å². The number of rotatable bonds is 3. The fourth-order valence-electron chi connectivity index (χ4n) is 3.68. The Balaban J connectivity index is 1.56. The second-order valence-corrected chi connectivity index (χ2v) is 9.56. The molecule has 0 atom stereocenters. The van der Waals surface area contributed by atoms with Crippen molar-refractivity contribution in [3.8, 4) is 0 Å². The van der Waals surface area contributed by atoms with Crippen molar-refractivity contribution in [1.29, 1.82) is 0 Å². The highest BCUT2D eigenvalue weighted by molar-refractivity contribution is 7.16. The van der Waals surface area contributed by atoms with Gasteiger partial charge in [0.05, 0.1) is 20.6 Å². The number of hydrogen-bond acceptors (Lipinski definition) is 3. The molecule has 0 saturated heterocycles. The van der Waals surface area contributed by atoms with Crippen LogP contribution in [0.25, 0.3) is 0 Å². The normalized spacial score (nSPS) is 13.5. The molecule has 3 aromatic rings. The van der Waals surface area contributed by atoms with Gasteiger partial charge in [-0.1, -0.05) is 23.2 Å². The molecule has 1 N–H and O–H groups in total. The number of nitrogens with zero attached hydrogens (tertiary/aromatic N) is 1. The molecule has 2 aromatic carbocycles. The Morgan fingerprint density at radius 1 is 1.06 bits per heavy atom. The summed E-state index contributed by atoms with van der Waals surface area (Å²) in [5.41, 5.74) is 2.88. The van der Waals surface area contributed by atoms with Gasteiger partial charge >= 0.3 is 0 Å². The average molecular weight is 477 g/mol. The van der Waals surface area contributed by atoms with Gasteiger partial charge in [-0.25, -0.2) is 4.39 Å². The fraction of sp³-hybridized carbons (Fsp3) is 0.217. The fourth-order valence-corrected chi connectivity index (χ4v) is 5.24. The predicted octanol–water partition coefficient (Wildman–Crippen LogP) is 6.74. The number of hydrogen-bond donors (Lipinski definition) is 1. The number of aryl methyl sites for hydroxylation is 2. The Morgan fingerprint density at radius 2 is 1.84 bits per heavy atom. The quantitative estimate of drug-likeness (QED) is 0.454. The Bertz CT molecular complexity index is 1180. The number of amides is 2. The summed E-state index contributed by atoms with van der Waals surface area (Å²) in [6.07, 6.45) is 2.87. The summed E-state index contributed by atoms with van der Waals surface area (Å²) in [7, 11) is 0. The molecule has 0 spiro atoms. The molecule has 0 radical (unpaired) electrons. The van der Waals surface area contributed by atoms with E-state index in [4.69, 9.17) is 23.2 Å². The molecule has 0 unspecified atom stereocenters. The summed E-state index contributed by atoms with van der Waals surface area (Å²) >= 11 is 13.7. The van der Waals surface area contributed by atoms with Crippen LogP contribution in [-0.4, -0.2) is 18.4 Å². The highest BCUT2D eigenvalue weighted by atomic mass is 35.5. The van der Waals surface area contributed by atoms with Crippen molar-refractivity contribution >= 4 is 57.7 Å². The van der Waals surface area contributed by atoms with Crippen molar-refractivity contribution in [2.24, 2.45) is 0 Å². The minimum atomic E-state index is -0.510. The van der Waals surface area contributed by atoms with Crippen molar-refractivity contribution in [2.75, 3.05) is 16.8 Å². The molecule has 2 amide bonds. The van der Waals surface area contributed by atoms with Gasteiger partial charge in [-0.2, -0.15) is 0 Å². The van der Waals surface area contributed by atoms with Crippen LogP contribution in [0.15, 0.2) is 42.5 Å². The van der Waals surface area contributed by atoms with Gasteiger partial charge in [-0.15, -0.1) is 11.3 Å². The standard InChI is InChI=1S/C23H19Cl2FN2O2S/c1-13-10-15(27-22(29)17-7-5-14(26)11-18(17)24)6-8-16(13)23(30)28-9-3-2-4-20-19(28)12-21(25)31-20/h5-8,10-12H,2-4,9H2,1H3,(H,27,29). The summed E-state index contributed by atoms with van der Waals surface area (Å²) in [5.74, 6) is -1.05. The molecule has 0 aliphatic carbocycles. The molecular formula is C23H19Cl2FN2O2S. The van der Waals surface area contributed by atoms with E-state index in [2.05, 4.69) is 5.32 Å². The number of anilines is 2. The SMILES string of the molecule is Cc1cc(NC(=O)c2ccc(F)cc2Cl)ccc1C(=O)N1CCCCc2sc(Cl)cc21. The lowest BCUT2D eigenvalue weighted by Crippen LogP contribution is -2.32. The van der Waals surface area contributed by atoms with Gasteiger partial charge in [0, 0.05) is 22.7 Å². The Labute approximate surface area is 193 Å². The molecule has 4 rings (SSSR count). The summed E-state index contributed by atoms with van der Waals surface area (Å²) in [5, 5.41) is 2.78. The van der Waals surface area contributed by atoms with E-state index >= 15 is 0 Å². The number of carbonyl (C=O) groups is 2. The van der Waals surface area contributed by atoms with Crippen molar-refractivity contribution in [1.82, 2.24) is 0 Å². The van der Waals surface area contributed by atoms with Crippen LogP contribution in [0.4, 0.5) is 15.8 Å². The lowest BCUT2D eigenvalue weighted by atomic mass is 10.1. The highest BCUT2D eigenvalue weighted by Crippen LogP contribution is 2.37. The predicted molar refractivity (Wildman–Crippen MR) is 124 cm³/mol. The summed E-state index contributed by atoms with van der Waals surface area (Å²) in [6, 6.07) is 10.6. The third-order valence-corrected chi connectivity index (χ3v) is 6.84. The maximum absolute atomic E-state index is 13.3. The first-order valence-electron chi connectivity index (χ1n) is 9.80.